The van der Waals surface area contributed by atoms with Crippen LogP contribution in [0.1, 0.15) is 18.2 Å². The lowest BCUT2D eigenvalue weighted by molar-refractivity contribution is 0.0672. The summed E-state index contributed by atoms with van der Waals surface area (Å²) in [5.74, 6) is 2.64. The van der Waals surface area contributed by atoms with Crippen LogP contribution in [0.25, 0.3) is 0 Å². The molecule has 0 radical (unpaired) electrons. The third-order valence-electron chi connectivity index (χ3n) is 3.78. The highest BCUT2D eigenvalue weighted by Gasteiger charge is 2.22. The Morgan fingerprint density at radius 1 is 1.16 bits per heavy atom. The lowest BCUT2D eigenvalue weighted by atomic mass is 9.96. The SMILES string of the molecule is CSCCNC(=NCC(C)(O)c1ccccc1)NCCc1ccco1. The van der Waals surface area contributed by atoms with Gasteiger partial charge in [0.15, 0.2) is 5.96 Å². The van der Waals surface area contributed by atoms with Crippen molar-refractivity contribution in [3.63, 3.8) is 0 Å². The molecule has 0 bridgehead atoms. The number of benzene rings is 1. The normalized spacial score (nSPS) is 14.1. The average Bonchev–Trinajstić information content (AvgIpc) is 3.13. The topological polar surface area (TPSA) is 69.8 Å². The smallest absolute Gasteiger partial charge is 0.191 e. The van der Waals surface area contributed by atoms with Gasteiger partial charge in [0.2, 0.25) is 0 Å². The summed E-state index contributed by atoms with van der Waals surface area (Å²) in [5, 5.41) is 17.3. The van der Waals surface area contributed by atoms with E-state index in [1.807, 2.05) is 42.5 Å². The van der Waals surface area contributed by atoms with Crippen LogP contribution in [0.5, 0.6) is 0 Å². The number of rotatable bonds is 9. The minimum absolute atomic E-state index is 0.284. The quantitative estimate of drug-likeness (QED) is 0.364. The second kappa shape index (κ2) is 10.2. The van der Waals surface area contributed by atoms with Crippen LogP contribution in [0.15, 0.2) is 58.1 Å². The van der Waals surface area contributed by atoms with Crippen LogP contribution >= 0.6 is 11.8 Å². The summed E-state index contributed by atoms with van der Waals surface area (Å²) in [4.78, 5) is 4.57. The van der Waals surface area contributed by atoms with Gasteiger partial charge in [-0.25, -0.2) is 4.99 Å². The van der Waals surface area contributed by atoms with E-state index in [0.717, 1.165) is 30.0 Å². The molecule has 136 valence electrons. The number of nitrogens with zero attached hydrogens (tertiary/aromatic N) is 1. The molecule has 0 aliphatic rings. The lowest BCUT2D eigenvalue weighted by Gasteiger charge is -2.22. The summed E-state index contributed by atoms with van der Waals surface area (Å²) in [5.41, 5.74) is -0.145. The van der Waals surface area contributed by atoms with E-state index < -0.39 is 5.60 Å². The van der Waals surface area contributed by atoms with Gasteiger partial charge in [-0.15, -0.1) is 0 Å². The van der Waals surface area contributed by atoms with Gasteiger partial charge in [0, 0.05) is 25.3 Å². The number of nitrogens with one attached hydrogen (secondary N) is 2. The molecule has 0 spiro atoms. The van der Waals surface area contributed by atoms with Gasteiger partial charge in [0.1, 0.15) is 11.4 Å². The Bertz CT molecular complexity index is 627. The zero-order chi connectivity index (χ0) is 18.0. The molecule has 1 aromatic heterocycles. The molecule has 2 rings (SSSR count). The summed E-state index contributed by atoms with van der Waals surface area (Å²) >= 11 is 1.78. The molecule has 6 heteroatoms. The lowest BCUT2D eigenvalue weighted by Crippen LogP contribution is -2.40. The Morgan fingerprint density at radius 3 is 2.60 bits per heavy atom. The molecular formula is C19H27N3O2S. The molecule has 0 saturated carbocycles. The molecule has 1 atom stereocenters. The van der Waals surface area contributed by atoms with Crippen molar-refractivity contribution in [3.05, 3.63) is 60.1 Å². The molecule has 0 aliphatic carbocycles. The van der Waals surface area contributed by atoms with Gasteiger partial charge in [-0.3, -0.25) is 0 Å². The van der Waals surface area contributed by atoms with Gasteiger partial charge in [-0.2, -0.15) is 11.8 Å². The number of aliphatic imine (C=N–C) groups is 1. The van der Waals surface area contributed by atoms with E-state index in [0.29, 0.717) is 12.5 Å². The van der Waals surface area contributed by atoms with Crippen molar-refractivity contribution in [2.24, 2.45) is 4.99 Å². The molecule has 3 N–H and O–H groups in total. The number of furan rings is 1. The van der Waals surface area contributed by atoms with Crippen molar-refractivity contribution in [1.82, 2.24) is 10.6 Å². The van der Waals surface area contributed by atoms with Gasteiger partial charge in [-0.1, -0.05) is 30.3 Å². The summed E-state index contributed by atoms with van der Waals surface area (Å²) in [7, 11) is 0. The van der Waals surface area contributed by atoms with E-state index in [2.05, 4.69) is 21.9 Å². The largest absolute Gasteiger partial charge is 0.469 e. The summed E-state index contributed by atoms with van der Waals surface area (Å²) < 4.78 is 5.34. The third kappa shape index (κ3) is 6.84. The number of guanidine groups is 1. The zero-order valence-electron chi connectivity index (χ0n) is 14.9. The Balaban J connectivity index is 1.93. The summed E-state index contributed by atoms with van der Waals surface area (Å²) in [6.45, 7) is 3.61. The average molecular weight is 362 g/mol. The Morgan fingerprint density at radius 2 is 1.92 bits per heavy atom. The number of hydrogen-bond donors (Lipinski definition) is 3. The first kappa shape index (κ1) is 19.4. The minimum atomic E-state index is -1.00. The summed E-state index contributed by atoms with van der Waals surface area (Å²) in [6, 6.07) is 13.5. The molecule has 1 unspecified atom stereocenters. The van der Waals surface area contributed by atoms with Gasteiger partial charge in [0.25, 0.3) is 0 Å². The second-order valence-electron chi connectivity index (χ2n) is 5.98. The van der Waals surface area contributed by atoms with E-state index in [-0.39, 0.29) is 6.54 Å². The maximum atomic E-state index is 10.7. The monoisotopic (exact) mass is 361 g/mol. The van der Waals surface area contributed by atoms with Crippen molar-refractivity contribution in [2.75, 3.05) is 31.6 Å². The predicted molar refractivity (Wildman–Crippen MR) is 105 cm³/mol. The van der Waals surface area contributed by atoms with Crippen LogP contribution in [0, 0.1) is 0 Å². The molecule has 0 saturated heterocycles. The fraction of sp³-hybridized carbons (Fsp3) is 0.421. The maximum Gasteiger partial charge on any atom is 0.191 e. The van der Waals surface area contributed by atoms with E-state index in [1.165, 1.54) is 0 Å². The molecule has 1 aromatic carbocycles. The van der Waals surface area contributed by atoms with Crippen LogP contribution < -0.4 is 10.6 Å². The second-order valence-corrected chi connectivity index (χ2v) is 6.97. The van der Waals surface area contributed by atoms with Crippen LogP contribution in [0.3, 0.4) is 0 Å². The Kier molecular flexibility index (Phi) is 7.88. The van der Waals surface area contributed by atoms with Crippen molar-refractivity contribution in [2.45, 2.75) is 18.9 Å². The van der Waals surface area contributed by atoms with Crippen LogP contribution in [-0.4, -0.2) is 42.7 Å². The third-order valence-corrected chi connectivity index (χ3v) is 4.40. The fourth-order valence-electron chi connectivity index (χ4n) is 2.33. The highest BCUT2D eigenvalue weighted by molar-refractivity contribution is 7.98. The van der Waals surface area contributed by atoms with Gasteiger partial charge in [0.05, 0.1) is 12.8 Å². The molecule has 1 heterocycles. The Hall–Kier alpha value is -1.92. The molecule has 0 amide bonds. The van der Waals surface area contributed by atoms with Crippen molar-refractivity contribution >= 4 is 17.7 Å². The van der Waals surface area contributed by atoms with Crippen molar-refractivity contribution < 1.29 is 9.52 Å². The first-order valence-corrected chi connectivity index (χ1v) is 9.82. The van der Waals surface area contributed by atoms with Gasteiger partial charge < -0.3 is 20.2 Å². The van der Waals surface area contributed by atoms with Crippen LogP contribution in [0.4, 0.5) is 0 Å². The first-order valence-electron chi connectivity index (χ1n) is 8.43. The van der Waals surface area contributed by atoms with E-state index in [9.17, 15) is 5.11 Å². The van der Waals surface area contributed by atoms with Gasteiger partial charge in [-0.05, 0) is 30.9 Å². The number of aliphatic hydroxyl groups is 1. The molecule has 25 heavy (non-hydrogen) atoms. The van der Waals surface area contributed by atoms with Crippen molar-refractivity contribution in [3.8, 4) is 0 Å². The molecule has 2 aromatic rings. The van der Waals surface area contributed by atoms with E-state index >= 15 is 0 Å². The zero-order valence-corrected chi connectivity index (χ0v) is 15.7. The highest BCUT2D eigenvalue weighted by Crippen LogP contribution is 2.20. The highest BCUT2D eigenvalue weighted by atomic mass is 32.2. The van der Waals surface area contributed by atoms with E-state index in [1.54, 1.807) is 24.9 Å². The molecule has 0 aliphatic heterocycles. The van der Waals surface area contributed by atoms with Crippen molar-refractivity contribution in [1.29, 1.82) is 0 Å². The van der Waals surface area contributed by atoms with Gasteiger partial charge >= 0.3 is 0 Å². The van der Waals surface area contributed by atoms with Crippen LogP contribution in [0.2, 0.25) is 0 Å². The number of thioether (sulfide) groups is 1. The minimum Gasteiger partial charge on any atom is -0.469 e. The number of hydrogen-bond acceptors (Lipinski definition) is 4. The standard InChI is InChI=1S/C19H27N3O2S/c1-19(23,16-7-4-3-5-8-16)15-22-18(21-12-14-25-2)20-11-10-17-9-6-13-24-17/h3-9,13,23H,10-12,14-15H2,1-2H3,(H2,20,21,22). The Labute approximate surface area is 153 Å². The molecular weight excluding hydrogens is 334 g/mol. The maximum absolute atomic E-state index is 10.7. The first-order chi connectivity index (χ1) is 12.1. The molecule has 0 fully saturated rings. The fourth-order valence-corrected chi connectivity index (χ4v) is 2.63. The van der Waals surface area contributed by atoms with Crippen LogP contribution in [-0.2, 0) is 12.0 Å². The predicted octanol–water partition coefficient (Wildman–Crippen LogP) is 2.63. The molecule has 5 nitrogen and oxygen atoms in total. The van der Waals surface area contributed by atoms with E-state index in [4.69, 9.17) is 4.42 Å². The summed E-state index contributed by atoms with van der Waals surface area (Å²) in [6.07, 6.45) is 4.53.